The highest BCUT2D eigenvalue weighted by atomic mass is 16.2. The van der Waals surface area contributed by atoms with E-state index in [0.717, 1.165) is 25.9 Å². The van der Waals surface area contributed by atoms with Crippen molar-refractivity contribution in [2.75, 3.05) is 19.6 Å². The first-order valence-corrected chi connectivity index (χ1v) is 8.73. The summed E-state index contributed by atoms with van der Waals surface area (Å²) in [5.41, 5.74) is 1.24. The number of rotatable bonds is 5. The molecule has 0 spiro atoms. The molecule has 1 aromatic heterocycles. The van der Waals surface area contributed by atoms with Gasteiger partial charge in [0.1, 0.15) is 0 Å². The minimum Gasteiger partial charge on any atom is -0.355 e. The Balaban J connectivity index is 1.48. The van der Waals surface area contributed by atoms with E-state index < -0.39 is 0 Å². The number of carbonyl (C=O) groups excluding carboxylic acids is 1. The van der Waals surface area contributed by atoms with Crippen LogP contribution in [0.15, 0.2) is 24.5 Å². The van der Waals surface area contributed by atoms with E-state index in [1.165, 1.54) is 37.7 Å². The van der Waals surface area contributed by atoms with Crippen LogP contribution in [0.3, 0.4) is 0 Å². The number of carbonyl (C=O) groups is 1. The first-order valence-electron chi connectivity index (χ1n) is 8.73. The zero-order chi connectivity index (χ0) is 15.2. The number of hydrogen-bond donors (Lipinski definition) is 1. The summed E-state index contributed by atoms with van der Waals surface area (Å²) >= 11 is 0. The standard InChI is InChI=1S/C18H27N3O/c22-18(20-12-15-6-2-1-3-7-15)14-21-11-5-9-17(21)16-8-4-10-19-13-16/h4,8,10,13,15,17H,1-3,5-7,9,11-12,14H2,(H,20,22). The summed E-state index contributed by atoms with van der Waals surface area (Å²) < 4.78 is 0. The summed E-state index contributed by atoms with van der Waals surface area (Å²) in [7, 11) is 0. The van der Waals surface area contributed by atoms with Crippen molar-refractivity contribution in [2.24, 2.45) is 5.92 Å². The highest BCUT2D eigenvalue weighted by Gasteiger charge is 2.27. The molecule has 1 aromatic rings. The average molecular weight is 301 g/mol. The monoisotopic (exact) mass is 301 g/mol. The summed E-state index contributed by atoms with van der Waals surface area (Å²) in [4.78, 5) is 18.8. The minimum absolute atomic E-state index is 0.182. The largest absolute Gasteiger partial charge is 0.355 e. The topological polar surface area (TPSA) is 45.2 Å². The number of hydrogen-bond acceptors (Lipinski definition) is 3. The van der Waals surface area contributed by atoms with Crippen LogP contribution in [-0.4, -0.2) is 35.4 Å². The van der Waals surface area contributed by atoms with E-state index >= 15 is 0 Å². The maximum Gasteiger partial charge on any atom is 0.234 e. The molecule has 4 heteroatoms. The predicted octanol–water partition coefficient (Wildman–Crippen LogP) is 2.92. The van der Waals surface area contributed by atoms with E-state index in [2.05, 4.69) is 21.3 Å². The second kappa shape index (κ2) is 7.73. The molecule has 2 heterocycles. The Morgan fingerprint density at radius 1 is 1.23 bits per heavy atom. The number of nitrogens with zero attached hydrogens (tertiary/aromatic N) is 2. The van der Waals surface area contributed by atoms with Crippen LogP contribution in [-0.2, 0) is 4.79 Å². The Kier molecular flexibility index (Phi) is 5.43. The molecule has 1 amide bonds. The van der Waals surface area contributed by atoms with Crippen molar-refractivity contribution in [1.29, 1.82) is 0 Å². The first-order chi connectivity index (χ1) is 10.8. The molecule has 4 nitrogen and oxygen atoms in total. The highest BCUT2D eigenvalue weighted by Crippen LogP contribution is 2.30. The van der Waals surface area contributed by atoms with Crippen molar-refractivity contribution >= 4 is 5.91 Å². The lowest BCUT2D eigenvalue weighted by atomic mass is 9.89. The molecular weight excluding hydrogens is 274 g/mol. The van der Waals surface area contributed by atoms with E-state index in [1.54, 1.807) is 6.20 Å². The van der Waals surface area contributed by atoms with Gasteiger partial charge >= 0.3 is 0 Å². The molecule has 1 unspecified atom stereocenters. The van der Waals surface area contributed by atoms with Crippen LogP contribution >= 0.6 is 0 Å². The van der Waals surface area contributed by atoms with Gasteiger partial charge in [-0.3, -0.25) is 14.7 Å². The number of pyridine rings is 1. The van der Waals surface area contributed by atoms with Crippen molar-refractivity contribution in [3.63, 3.8) is 0 Å². The molecule has 1 N–H and O–H groups in total. The summed E-state index contributed by atoms with van der Waals surface area (Å²) in [6, 6.07) is 4.46. The summed E-state index contributed by atoms with van der Waals surface area (Å²) in [6.45, 7) is 2.40. The van der Waals surface area contributed by atoms with Crippen molar-refractivity contribution in [3.8, 4) is 0 Å². The van der Waals surface area contributed by atoms with Gasteiger partial charge in [-0.1, -0.05) is 25.3 Å². The lowest BCUT2D eigenvalue weighted by Crippen LogP contribution is -2.39. The van der Waals surface area contributed by atoms with E-state index in [-0.39, 0.29) is 5.91 Å². The third-order valence-electron chi connectivity index (χ3n) is 5.09. The van der Waals surface area contributed by atoms with Crippen LogP contribution in [0.4, 0.5) is 0 Å². The number of amides is 1. The molecule has 1 saturated heterocycles. The van der Waals surface area contributed by atoms with Gasteiger partial charge in [-0.2, -0.15) is 0 Å². The number of aromatic nitrogens is 1. The van der Waals surface area contributed by atoms with Gasteiger partial charge in [0.15, 0.2) is 0 Å². The smallest absolute Gasteiger partial charge is 0.234 e. The molecule has 0 bridgehead atoms. The Labute approximate surface area is 133 Å². The second-order valence-corrected chi connectivity index (χ2v) is 6.72. The highest BCUT2D eigenvalue weighted by molar-refractivity contribution is 5.78. The molecule has 1 atom stereocenters. The fourth-order valence-electron chi connectivity index (χ4n) is 3.86. The second-order valence-electron chi connectivity index (χ2n) is 6.72. The van der Waals surface area contributed by atoms with E-state index in [1.807, 2.05) is 12.3 Å². The zero-order valence-corrected chi connectivity index (χ0v) is 13.3. The van der Waals surface area contributed by atoms with Crippen LogP contribution in [0.1, 0.15) is 56.6 Å². The lowest BCUT2D eigenvalue weighted by Gasteiger charge is -2.25. The van der Waals surface area contributed by atoms with Crippen LogP contribution in [0.2, 0.25) is 0 Å². The van der Waals surface area contributed by atoms with E-state index in [9.17, 15) is 4.79 Å². The van der Waals surface area contributed by atoms with Crippen LogP contribution in [0, 0.1) is 5.92 Å². The van der Waals surface area contributed by atoms with Crippen molar-refractivity contribution in [1.82, 2.24) is 15.2 Å². The molecule has 1 aliphatic heterocycles. The molecule has 2 fully saturated rings. The average Bonchev–Trinajstić information content (AvgIpc) is 3.03. The Morgan fingerprint density at radius 3 is 2.86 bits per heavy atom. The van der Waals surface area contributed by atoms with Gasteiger partial charge in [-0.15, -0.1) is 0 Å². The summed E-state index contributed by atoms with van der Waals surface area (Å²) in [5.74, 6) is 0.881. The van der Waals surface area contributed by atoms with Gasteiger partial charge in [0.25, 0.3) is 0 Å². The van der Waals surface area contributed by atoms with Gasteiger partial charge < -0.3 is 5.32 Å². The molecule has 1 aliphatic carbocycles. The predicted molar refractivity (Wildman–Crippen MR) is 87.4 cm³/mol. The Bertz CT molecular complexity index is 470. The molecule has 0 radical (unpaired) electrons. The van der Waals surface area contributed by atoms with Gasteiger partial charge in [-0.05, 0) is 49.8 Å². The summed E-state index contributed by atoms with van der Waals surface area (Å²) in [5, 5.41) is 3.16. The molecular formula is C18H27N3O. The van der Waals surface area contributed by atoms with Gasteiger partial charge in [0.05, 0.1) is 6.54 Å². The number of nitrogens with one attached hydrogen (secondary N) is 1. The van der Waals surface area contributed by atoms with Gasteiger partial charge in [-0.25, -0.2) is 0 Å². The molecule has 2 aliphatic rings. The van der Waals surface area contributed by atoms with Crippen LogP contribution < -0.4 is 5.32 Å². The quantitative estimate of drug-likeness (QED) is 0.909. The zero-order valence-electron chi connectivity index (χ0n) is 13.3. The third-order valence-corrected chi connectivity index (χ3v) is 5.09. The van der Waals surface area contributed by atoms with E-state index in [4.69, 9.17) is 0 Å². The first kappa shape index (κ1) is 15.5. The molecule has 0 aromatic carbocycles. The van der Waals surface area contributed by atoms with Gasteiger partial charge in [0, 0.05) is 25.0 Å². The Morgan fingerprint density at radius 2 is 2.09 bits per heavy atom. The maximum absolute atomic E-state index is 12.3. The van der Waals surface area contributed by atoms with E-state index in [0.29, 0.717) is 18.5 Å². The summed E-state index contributed by atoms with van der Waals surface area (Å²) in [6.07, 6.45) is 12.6. The van der Waals surface area contributed by atoms with Crippen LogP contribution in [0.25, 0.3) is 0 Å². The molecule has 3 rings (SSSR count). The Hall–Kier alpha value is -1.42. The molecule has 120 valence electrons. The van der Waals surface area contributed by atoms with Crippen molar-refractivity contribution in [3.05, 3.63) is 30.1 Å². The lowest BCUT2D eigenvalue weighted by molar-refractivity contribution is -0.122. The van der Waals surface area contributed by atoms with Gasteiger partial charge in [0.2, 0.25) is 5.91 Å². The SMILES string of the molecule is O=C(CN1CCCC1c1cccnc1)NCC1CCCCC1. The van der Waals surface area contributed by atoms with Crippen molar-refractivity contribution in [2.45, 2.75) is 51.0 Å². The number of likely N-dealkylation sites (tertiary alicyclic amines) is 1. The van der Waals surface area contributed by atoms with Crippen LogP contribution in [0.5, 0.6) is 0 Å². The normalized spacial score (nSPS) is 23.5. The fourth-order valence-corrected chi connectivity index (χ4v) is 3.86. The van der Waals surface area contributed by atoms with Crippen molar-refractivity contribution < 1.29 is 4.79 Å². The fraction of sp³-hybridized carbons (Fsp3) is 0.667. The maximum atomic E-state index is 12.3. The molecule has 22 heavy (non-hydrogen) atoms. The minimum atomic E-state index is 0.182. The third kappa shape index (κ3) is 4.07. The molecule has 1 saturated carbocycles.